The molecule has 2 aromatic carbocycles. The lowest BCUT2D eigenvalue weighted by atomic mass is 10.1. The van der Waals surface area contributed by atoms with Gasteiger partial charge in [0, 0.05) is 31.4 Å². The summed E-state index contributed by atoms with van der Waals surface area (Å²) in [6, 6.07) is 11.9. The lowest BCUT2D eigenvalue weighted by Gasteiger charge is -2.10. The Labute approximate surface area is 165 Å². The number of nitro benzene ring substituents is 1. The molecule has 2 aromatic rings. The van der Waals surface area contributed by atoms with Crippen molar-refractivity contribution in [1.29, 1.82) is 5.26 Å². The molecule has 0 aliphatic carbocycles. The second-order valence-electron chi connectivity index (χ2n) is 5.87. The third-order valence-corrected chi connectivity index (χ3v) is 3.96. The van der Waals surface area contributed by atoms with Gasteiger partial charge >= 0.3 is 0 Å². The number of hydrogen-bond acceptors (Lipinski definition) is 5. The van der Waals surface area contributed by atoms with Crippen molar-refractivity contribution in [3.8, 4) is 6.07 Å². The molecule has 0 saturated heterocycles. The first-order valence-electron chi connectivity index (χ1n) is 7.91. The van der Waals surface area contributed by atoms with Crippen molar-refractivity contribution in [3.05, 3.63) is 74.3 Å². The number of nitrogens with one attached hydrogen (secondary N) is 1. The first kappa shape index (κ1) is 20.6. The minimum absolute atomic E-state index is 0.0440. The molecule has 28 heavy (non-hydrogen) atoms. The molecule has 0 spiro atoms. The zero-order valence-electron chi connectivity index (χ0n) is 15.0. The standard InChI is InChI=1S/C19H15ClN4O4/c1-23(2)19(26)13-4-6-15(7-5-13)22-18(25)14(11-21)9-12-3-8-16(20)17(10-12)24(27)28/h3-10H,1-2H3,(H,22,25)/b14-9+. The largest absolute Gasteiger partial charge is 0.345 e. The highest BCUT2D eigenvalue weighted by Gasteiger charge is 2.15. The lowest BCUT2D eigenvalue weighted by Crippen LogP contribution is -2.21. The summed E-state index contributed by atoms with van der Waals surface area (Å²) in [6.07, 6.45) is 1.22. The van der Waals surface area contributed by atoms with Gasteiger partial charge in [0.05, 0.1) is 4.92 Å². The van der Waals surface area contributed by atoms with Crippen LogP contribution in [0.2, 0.25) is 5.02 Å². The molecule has 0 bridgehead atoms. The average molecular weight is 399 g/mol. The molecule has 0 aromatic heterocycles. The number of amides is 2. The van der Waals surface area contributed by atoms with Crippen LogP contribution in [0.3, 0.4) is 0 Å². The molecule has 8 nitrogen and oxygen atoms in total. The van der Waals surface area contributed by atoms with Crippen LogP contribution in [-0.2, 0) is 4.79 Å². The number of carbonyl (C=O) groups is 2. The van der Waals surface area contributed by atoms with Gasteiger partial charge in [-0.25, -0.2) is 0 Å². The summed E-state index contributed by atoms with van der Waals surface area (Å²) in [5.41, 5.74) is 0.560. The topological polar surface area (TPSA) is 116 Å². The van der Waals surface area contributed by atoms with Gasteiger partial charge in [0.15, 0.2) is 0 Å². The van der Waals surface area contributed by atoms with E-state index in [2.05, 4.69) is 5.32 Å². The third-order valence-electron chi connectivity index (χ3n) is 3.64. The number of nitrogens with zero attached hydrogens (tertiary/aromatic N) is 3. The highest BCUT2D eigenvalue weighted by Crippen LogP contribution is 2.26. The zero-order valence-corrected chi connectivity index (χ0v) is 15.7. The van der Waals surface area contributed by atoms with Crippen LogP contribution in [0.25, 0.3) is 6.08 Å². The van der Waals surface area contributed by atoms with Crippen molar-refractivity contribution >= 4 is 40.9 Å². The number of nitro groups is 1. The first-order chi connectivity index (χ1) is 13.2. The van der Waals surface area contributed by atoms with E-state index in [0.29, 0.717) is 11.3 Å². The summed E-state index contributed by atoms with van der Waals surface area (Å²) in [5, 5.41) is 22.7. The summed E-state index contributed by atoms with van der Waals surface area (Å²) < 4.78 is 0. The van der Waals surface area contributed by atoms with E-state index in [1.807, 2.05) is 0 Å². The molecule has 0 saturated carbocycles. The number of rotatable bonds is 5. The predicted molar refractivity (Wildman–Crippen MR) is 105 cm³/mol. The van der Waals surface area contributed by atoms with Gasteiger partial charge < -0.3 is 10.2 Å². The van der Waals surface area contributed by atoms with Gasteiger partial charge in [-0.3, -0.25) is 19.7 Å². The molecule has 0 radical (unpaired) electrons. The average Bonchev–Trinajstić information content (AvgIpc) is 2.66. The van der Waals surface area contributed by atoms with E-state index in [-0.39, 0.29) is 27.8 Å². The summed E-state index contributed by atoms with van der Waals surface area (Å²) >= 11 is 5.75. The normalized spacial score (nSPS) is 10.7. The van der Waals surface area contributed by atoms with Crippen LogP contribution in [0.5, 0.6) is 0 Å². The van der Waals surface area contributed by atoms with Gasteiger partial charge in [-0.1, -0.05) is 17.7 Å². The fourth-order valence-electron chi connectivity index (χ4n) is 2.23. The van der Waals surface area contributed by atoms with E-state index in [4.69, 9.17) is 11.6 Å². The van der Waals surface area contributed by atoms with Gasteiger partial charge in [0.1, 0.15) is 16.7 Å². The van der Waals surface area contributed by atoms with Gasteiger partial charge in [0.25, 0.3) is 17.5 Å². The van der Waals surface area contributed by atoms with E-state index in [1.165, 1.54) is 41.3 Å². The first-order valence-corrected chi connectivity index (χ1v) is 8.29. The van der Waals surface area contributed by atoms with Crippen molar-refractivity contribution in [2.24, 2.45) is 0 Å². The Morgan fingerprint density at radius 1 is 1.21 bits per heavy atom. The maximum atomic E-state index is 12.3. The Hall–Kier alpha value is -3.70. The Balaban J connectivity index is 2.21. The van der Waals surface area contributed by atoms with E-state index in [1.54, 1.807) is 32.3 Å². The van der Waals surface area contributed by atoms with Crippen LogP contribution in [0.15, 0.2) is 48.0 Å². The molecular formula is C19H15ClN4O4. The molecule has 1 N–H and O–H groups in total. The second-order valence-corrected chi connectivity index (χ2v) is 6.28. The van der Waals surface area contributed by atoms with Crippen LogP contribution in [0.4, 0.5) is 11.4 Å². The lowest BCUT2D eigenvalue weighted by molar-refractivity contribution is -0.384. The monoisotopic (exact) mass is 398 g/mol. The summed E-state index contributed by atoms with van der Waals surface area (Å²) in [5.74, 6) is -0.869. The summed E-state index contributed by atoms with van der Waals surface area (Å²) in [7, 11) is 3.26. The highest BCUT2D eigenvalue weighted by molar-refractivity contribution is 6.32. The Kier molecular flexibility index (Phi) is 6.47. The molecule has 9 heteroatoms. The zero-order chi connectivity index (χ0) is 20.8. The molecule has 0 atom stereocenters. The molecule has 0 aliphatic heterocycles. The molecule has 0 unspecified atom stereocenters. The van der Waals surface area contributed by atoms with Crippen molar-refractivity contribution in [1.82, 2.24) is 4.90 Å². The van der Waals surface area contributed by atoms with Crippen LogP contribution in [0.1, 0.15) is 15.9 Å². The number of nitriles is 1. The Morgan fingerprint density at radius 2 is 1.86 bits per heavy atom. The summed E-state index contributed by atoms with van der Waals surface area (Å²) in [4.78, 5) is 35.9. The van der Waals surface area contributed by atoms with Crippen molar-refractivity contribution < 1.29 is 14.5 Å². The predicted octanol–water partition coefficient (Wildman–Crippen LogP) is 3.50. The number of halogens is 1. The molecular weight excluding hydrogens is 384 g/mol. The van der Waals surface area contributed by atoms with E-state index in [0.717, 1.165) is 0 Å². The fraction of sp³-hybridized carbons (Fsp3) is 0.105. The fourth-order valence-corrected chi connectivity index (χ4v) is 2.41. The number of hydrogen-bond donors (Lipinski definition) is 1. The Morgan fingerprint density at radius 3 is 2.39 bits per heavy atom. The molecule has 0 heterocycles. The quantitative estimate of drug-likeness (QED) is 0.358. The maximum Gasteiger partial charge on any atom is 0.288 e. The molecule has 0 aliphatic rings. The third kappa shape index (κ3) is 4.93. The van der Waals surface area contributed by atoms with Crippen molar-refractivity contribution in [3.63, 3.8) is 0 Å². The van der Waals surface area contributed by atoms with Gasteiger partial charge in [-0.2, -0.15) is 5.26 Å². The van der Waals surface area contributed by atoms with Gasteiger partial charge in [-0.15, -0.1) is 0 Å². The maximum absolute atomic E-state index is 12.3. The molecule has 2 amide bonds. The smallest absolute Gasteiger partial charge is 0.288 e. The molecule has 142 valence electrons. The minimum Gasteiger partial charge on any atom is -0.345 e. The number of benzene rings is 2. The highest BCUT2D eigenvalue weighted by atomic mass is 35.5. The second kappa shape index (κ2) is 8.79. The van der Waals surface area contributed by atoms with E-state index >= 15 is 0 Å². The SMILES string of the molecule is CN(C)C(=O)c1ccc(NC(=O)/C(C#N)=C/c2ccc(Cl)c([N+](=O)[O-])c2)cc1. The Bertz CT molecular complexity index is 1010. The van der Waals surface area contributed by atoms with E-state index < -0.39 is 10.8 Å². The van der Waals surface area contributed by atoms with Gasteiger partial charge in [-0.05, 0) is 42.0 Å². The van der Waals surface area contributed by atoms with Crippen LogP contribution in [-0.4, -0.2) is 35.7 Å². The van der Waals surface area contributed by atoms with Crippen LogP contribution >= 0.6 is 11.6 Å². The van der Waals surface area contributed by atoms with Crippen molar-refractivity contribution in [2.75, 3.05) is 19.4 Å². The van der Waals surface area contributed by atoms with Crippen LogP contribution < -0.4 is 5.32 Å². The van der Waals surface area contributed by atoms with Crippen molar-refractivity contribution in [2.45, 2.75) is 0 Å². The van der Waals surface area contributed by atoms with Crippen LogP contribution in [0, 0.1) is 21.4 Å². The summed E-state index contributed by atoms with van der Waals surface area (Å²) in [6.45, 7) is 0. The molecule has 0 fully saturated rings. The number of carbonyl (C=O) groups excluding carboxylic acids is 2. The molecule has 2 rings (SSSR count). The van der Waals surface area contributed by atoms with Gasteiger partial charge in [0.2, 0.25) is 0 Å². The van der Waals surface area contributed by atoms with E-state index in [9.17, 15) is 25.0 Å². The number of anilines is 1. The minimum atomic E-state index is -0.688.